The highest BCUT2D eigenvalue weighted by Gasteiger charge is 2.25. The molecule has 3 rings (SSSR count). The maximum atomic E-state index is 12.5. The number of aryl methyl sites for hydroxylation is 1. The van der Waals surface area contributed by atoms with Gasteiger partial charge in [0, 0.05) is 12.4 Å². The number of morpholine rings is 1. The third-order valence-corrected chi connectivity index (χ3v) is 4.81. The highest BCUT2D eigenvalue weighted by Crippen LogP contribution is 2.12. The lowest BCUT2D eigenvalue weighted by atomic mass is 10.1. The van der Waals surface area contributed by atoms with Gasteiger partial charge in [-0.1, -0.05) is 18.2 Å². The third-order valence-electron chi connectivity index (χ3n) is 4.81. The summed E-state index contributed by atoms with van der Waals surface area (Å²) in [5.74, 6) is -0.845. The van der Waals surface area contributed by atoms with Crippen molar-refractivity contribution < 1.29 is 19.2 Å². The van der Waals surface area contributed by atoms with E-state index in [1.165, 1.54) is 11.9 Å². The van der Waals surface area contributed by atoms with Gasteiger partial charge in [-0.2, -0.15) is 5.10 Å². The molecule has 2 atom stereocenters. The first-order valence-electron chi connectivity index (χ1n) is 9.39. The van der Waals surface area contributed by atoms with Gasteiger partial charge in [-0.3, -0.25) is 25.2 Å². The number of benzene rings is 1. The molecular weight excluding hydrogens is 362 g/mol. The van der Waals surface area contributed by atoms with Crippen LogP contribution >= 0.6 is 0 Å². The Morgan fingerprint density at radius 3 is 2.50 bits per heavy atom. The van der Waals surface area contributed by atoms with Crippen molar-refractivity contribution in [2.24, 2.45) is 7.05 Å². The molecular formula is C19H26N5O4+. The fourth-order valence-corrected chi connectivity index (χ4v) is 3.60. The predicted octanol–water partition coefficient (Wildman–Crippen LogP) is -1.22. The van der Waals surface area contributed by atoms with E-state index in [1.807, 2.05) is 13.8 Å². The minimum Gasteiger partial charge on any atom is -0.364 e. The van der Waals surface area contributed by atoms with Gasteiger partial charge < -0.3 is 9.64 Å². The molecule has 1 fully saturated rings. The van der Waals surface area contributed by atoms with Gasteiger partial charge >= 0.3 is 0 Å². The number of hydrogen-bond acceptors (Lipinski definition) is 5. The summed E-state index contributed by atoms with van der Waals surface area (Å²) in [6.07, 6.45) is 0.632. The van der Waals surface area contributed by atoms with Crippen molar-refractivity contribution in [2.45, 2.75) is 32.5 Å². The second-order valence-corrected chi connectivity index (χ2v) is 7.24. The fourth-order valence-electron chi connectivity index (χ4n) is 3.60. The third kappa shape index (κ3) is 4.55. The summed E-state index contributed by atoms with van der Waals surface area (Å²) in [5.41, 5.74) is 4.62. The van der Waals surface area contributed by atoms with Crippen molar-refractivity contribution in [3.63, 3.8) is 0 Å². The van der Waals surface area contributed by atoms with Crippen LogP contribution in [0.3, 0.4) is 0 Å². The topological polar surface area (TPSA) is 107 Å². The molecule has 1 aliphatic rings. The number of quaternary nitrogens is 1. The highest BCUT2D eigenvalue weighted by molar-refractivity contribution is 6.05. The van der Waals surface area contributed by atoms with E-state index in [-0.39, 0.29) is 35.8 Å². The Morgan fingerprint density at radius 2 is 1.82 bits per heavy atom. The average molecular weight is 388 g/mol. The number of fused-ring (bicyclic) bond motifs is 1. The van der Waals surface area contributed by atoms with Gasteiger partial charge in [-0.25, -0.2) is 4.68 Å². The zero-order valence-corrected chi connectivity index (χ0v) is 16.3. The minimum absolute atomic E-state index is 0.0828. The van der Waals surface area contributed by atoms with Crippen molar-refractivity contribution in [1.29, 1.82) is 0 Å². The number of carbonyl (C=O) groups is 2. The van der Waals surface area contributed by atoms with Gasteiger partial charge in [0.15, 0.2) is 5.69 Å². The van der Waals surface area contributed by atoms with Crippen LogP contribution in [0.25, 0.3) is 10.8 Å². The predicted molar refractivity (Wildman–Crippen MR) is 103 cm³/mol. The van der Waals surface area contributed by atoms with Crippen LogP contribution in [0, 0.1) is 0 Å². The van der Waals surface area contributed by atoms with E-state index >= 15 is 0 Å². The minimum atomic E-state index is -0.568. The number of amides is 2. The molecule has 28 heavy (non-hydrogen) atoms. The van der Waals surface area contributed by atoms with Crippen LogP contribution < -0.4 is 21.3 Å². The van der Waals surface area contributed by atoms with E-state index < -0.39 is 5.91 Å². The second-order valence-electron chi connectivity index (χ2n) is 7.24. The number of ether oxygens (including phenoxy) is 1. The quantitative estimate of drug-likeness (QED) is 0.569. The van der Waals surface area contributed by atoms with Crippen molar-refractivity contribution in [3.8, 4) is 0 Å². The number of nitrogens with zero attached hydrogens (tertiary/aromatic N) is 2. The maximum Gasteiger partial charge on any atom is 0.290 e. The van der Waals surface area contributed by atoms with Gasteiger partial charge in [-0.15, -0.1) is 0 Å². The Bertz CT molecular complexity index is 932. The summed E-state index contributed by atoms with van der Waals surface area (Å²) in [5, 5.41) is 4.88. The lowest BCUT2D eigenvalue weighted by Crippen LogP contribution is -3.15. The first-order valence-corrected chi connectivity index (χ1v) is 9.39. The van der Waals surface area contributed by atoms with Crippen LogP contribution in [0.4, 0.5) is 0 Å². The van der Waals surface area contributed by atoms with E-state index in [2.05, 4.69) is 16.0 Å². The Kier molecular flexibility index (Phi) is 6.05. The SMILES string of the molecule is C[C@@H]1C[NH+](CCC(=O)NNC(=O)c2nn(C)c(=O)c3ccccc23)C[C@@H](C)O1. The number of hydrazine groups is 1. The van der Waals surface area contributed by atoms with E-state index in [0.717, 1.165) is 17.8 Å². The zero-order chi connectivity index (χ0) is 20.3. The molecule has 9 heteroatoms. The fraction of sp³-hybridized carbons (Fsp3) is 0.474. The molecule has 0 spiro atoms. The summed E-state index contributed by atoms with van der Waals surface area (Å²) in [6, 6.07) is 6.75. The normalized spacial score (nSPS) is 22.0. The first kappa shape index (κ1) is 20.0. The molecule has 0 saturated carbocycles. The van der Waals surface area contributed by atoms with Gasteiger partial charge in [0.1, 0.15) is 25.3 Å². The molecule has 0 aliphatic carbocycles. The standard InChI is InChI=1S/C19H25N5O4/c1-12-10-24(11-13(2)28-12)9-8-16(25)20-21-18(26)17-14-6-4-5-7-15(14)19(27)23(3)22-17/h4-7,12-13H,8-11H2,1-3H3,(H,20,25)(H,21,26)/p+1/t12-,13-/m1/s1. The van der Waals surface area contributed by atoms with E-state index in [0.29, 0.717) is 17.3 Å². The van der Waals surface area contributed by atoms with E-state index in [1.54, 1.807) is 24.3 Å². The van der Waals surface area contributed by atoms with Crippen LogP contribution in [0.15, 0.2) is 29.1 Å². The van der Waals surface area contributed by atoms with Gasteiger partial charge in [0.05, 0.1) is 18.4 Å². The summed E-state index contributed by atoms with van der Waals surface area (Å²) >= 11 is 0. The molecule has 1 aromatic heterocycles. The molecule has 1 aliphatic heterocycles. The van der Waals surface area contributed by atoms with Gasteiger partial charge in [0.2, 0.25) is 5.91 Å². The highest BCUT2D eigenvalue weighted by atomic mass is 16.5. The lowest BCUT2D eigenvalue weighted by molar-refractivity contribution is -0.914. The largest absolute Gasteiger partial charge is 0.364 e. The molecule has 0 radical (unpaired) electrons. The number of carbonyl (C=O) groups excluding carboxylic acids is 2. The van der Waals surface area contributed by atoms with Gasteiger partial charge in [0.25, 0.3) is 11.5 Å². The van der Waals surface area contributed by atoms with Crippen LogP contribution in [-0.4, -0.2) is 53.4 Å². The molecule has 150 valence electrons. The molecule has 3 N–H and O–H groups in total. The summed E-state index contributed by atoms with van der Waals surface area (Å²) in [4.78, 5) is 38.1. The Morgan fingerprint density at radius 1 is 1.18 bits per heavy atom. The number of hydrogen-bond donors (Lipinski definition) is 3. The molecule has 9 nitrogen and oxygen atoms in total. The van der Waals surface area contributed by atoms with E-state index in [4.69, 9.17) is 4.74 Å². The van der Waals surface area contributed by atoms with Crippen LogP contribution in [0.1, 0.15) is 30.8 Å². The van der Waals surface area contributed by atoms with Gasteiger partial charge in [-0.05, 0) is 19.9 Å². The summed E-state index contributed by atoms with van der Waals surface area (Å²) in [6.45, 7) is 6.44. The monoisotopic (exact) mass is 388 g/mol. The first-order chi connectivity index (χ1) is 13.3. The molecule has 2 heterocycles. The molecule has 2 amide bonds. The van der Waals surface area contributed by atoms with Crippen LogP contribution in [0.2, 0.25) is 0 Å². The smallest absolute Gasteiger partial charge is 0.290 e. The molecule has 2 aromatic rings. The Balaban J connectivity index is 1.59. The summed E-state index contributed by atoms with van der Waals surface area (Å²) in [7, 11) is 1.48. The second kappa shape index (κ2) is 8.49. The Hall–Kier alpha value is -2.78. The van der Waals surface area contributed by atoms with Crippen molar-refractivity contribution in [2.75, 3.05) is 19.6 Å². The average Bonchev–Trinajstić information content (AvgIpc) is 2.66. The summed E-state index contributed by atoms with van der Waals surface area (Å²) < 4.78 is 6.81. The number of rotatable bonds is 4. The van der Waals surface area contributed by atoms with Crippen molar-refractivity contribution in [1.82, 2.24) is 20.6 Å². The van der Waals surface area contributed by atoms with Crippen molar-refractivity contribution >= 4 is 22.6 Å². The van der Waals surface area contributed by atoms with Crippen molar-refractivity contribution in [3.05, 3.63) is 40.3 Å². The molecule has 1 aromatic carbocycles. The maximum absolute atomic E-state index is 12.5. The number of aromatic nitrogens is 2. The van der Waals surface area contributed by atoms with E-state index in [9.17, 15) is 14.4 Å². The van der Waals surface area contributed by atoms with Crippen LogP contribution in [-0.2, 0) is 16.6 Å². The molecule has 1 saturated heterocycles. The number of nitrogens with one attached hydrogen (secondary N) is 3. The molecule has 0 bridgehead atoms. The zero-order valence-electron chi connectivity index (χ0n) is 16.3. The molecule has 0 unspecified atom stereocenters. The van der Waals surface area contributed by atoms with Crippen LogP contribution in [0.5, 0.6) is 0 Å². The lowest BCUT2D eigenvalue weighted by Gasteiger charge is -2.32. The Labute approximate surface area is 162 Å².